The number of ether oxygens (including phenoxy) is 3. The number of carboxylic acid groups (broad SMARTS) is 1. The number of aromatic nitrogens is 2. The number of hydrogen-bond acceptors (Lipinski definition) is 12. The Morgan fingerprint density at radius 1 is 1.41 bits per heavy atom. The number of aliphatic hydroxyl groups excluding tert-OH is 4. The minimum absolute atomic E-state index is 0.0400. The fourth-order valence-corrected chi connectivity index (χ4v) is 4.52. The van der Waals surface area contributed by atoms with E-state index in [9.17, 15) is 44.7 Å². The molecule has 18 nitrogen and oxygen atoms in total. The van der Waals surface area contributed by atoms with Crippen LogP contribution in [0.1, 0.15) is 31.6 Å². The van der Waals surface area contributed by atoms with Crippen molar-refractivity contribution in [2.45, 2.75) is 81.3 Å². The molecular formula is C21H30N6O12. The van der Waals surface area contributed by atoms with Crippen LogP contribution >= 0.6 is 0 Å². The van der Waals surface area contributed by atoms with Crippen molar-refractivity contribution in [3.63, 3.8) is 0 Å². The Labute approximate surface area is 219 Å². The summed E-state index contributed by atoms with van der Waals surface area (Å²) in [5, 5.41) is 56.3. The molecule has 0 radical (unpaired) electrons. The van der Waals surface area contributed by atoms with Gasteiger partial charge in [-0.3, -0.25) is 19.1 Å². The fourth-order valence-electron chi connectivity index (χ4n) is 4.52. The monoisotopic (exact) mass is 558 g/mol. The number of amides is 1. The predicted molar refractivity (Wildman–Crippen MR) is 126 cm³/mol. The molecule has 7 N–H and O–H groups in total. The van der Waals surface area contributed by atoms with Crippen molar-refractivity contribution in [3.8, 4) is 0 Å². The van der Waals surface area contributed by atoms with Crippen LogP contribution in [0.5, 0.6) is 0 Å². The van der Waals surface area contributed by atoms with Crippen LogP contribution in [0.2, 0.25) is 0 Å². The molecule has 1 aromatic heterocycles. The highest BCUT2D eigenvalue weighted by molar-refractivity contribution is 5.76. The molecule has 39 heavy (non-hydrogen) atoms. The lowest BCUT2D eigenvalue weighted by molar-refractivity contribution is -0.316. The van der Waals surface area contributed by atoms with E-state index in [0.717, 1.165) is 11.5 Å². The van der Waals surface area contributed by atoms with E-state index in [1.807, 2.05) is 0 Å². The molecular weight excluding hydrogens is 528 g/mol. The highest BCUT2D eigenvalue weighted by Gasteiger charge is 2.56. The fraction of sp³-hybridized carbons (Fsp3) is 0.714. The first-order valence-electron chi connectivity index (χ1n) is 11.8. The maximum Gasteiger partial charge on any atom is 0.364 e. The van der Waals surface area contributed by atoms with Gasteiger partial charge < -0.3 is 45.1 Å². The zero-order valence-electron chi connectivity index (χ0n) is 20.9. The molecule has 2 aliphatic rings. The van der Waals surface area contributed by atoms with E-state index < -0.39 is 97.4 Å². The lowest BCUT2D eigenvalue weighted by atomic mass is 9.88. The molecule has 0 aliphatic carbocycles. The molecule has 1 amide bonds. The highest BCUT2D eigenvalue weighted by atomic mass is 16.7. The quantitative estimate of drug-likeness (QED) is 0.0858. The molecule has 0 bridgehead atoms. The van der Waals surface area contributed by atoms with E-state index in [-0.39, 0.29) is 12.0 Å². The number of hydrogen-bond donors (Lipinski definition) is 7. The van der Waals surface area contributed by atoms with E-state index in [1.165, 1.54) is 13.1 Å². The Kier molecular flexibility index (Phi) is 9.47. The Hall–Kier alpha value is -3.35. The lowest BCUT2D eigenvalue weighted by Gasteiger charge is -2.46. The van der Waals surface area contributed by atoms with Gasteiger partial charge in [0.2, 0.25) is 5.91 Å². The van der Waals surface area contributed by atoms with Crippen LogP contribution in [0.4, 0.5) is 0 Å². The summed E-state index contributed by atoms with van der Waals surface area (Å²) in [5.41, 5.74) is 7.80. The van der Waals surface area contributed by atoms with Gasteiger partial charge in [0.05, 0.1) is 37.5 Å². The molecule has 9 atom stereocenters. The molecule has 0 saturated carbocycles. The smallest absolute Gasteiger partial charge is 0.364 e. The van der Waals surface area contributed by atoms with Gasteiger partial charge in [-0.1, -0.05) is 5.11 Å². The van der Waals surface area contributed by atoms with E-state index >= 15 is 0 Å². The third-order valence-corrected chi connectivity index (χ3v) is 6.53. The number of aryl methyl sites for hydroxylation is 1. The van der Waals surface area contributed by atoms with Crippen LogP contribution in [-0.2, 0) is 23.8 Å². The second-order valence-corrected chi connectivity index (χ2v) is 9.31. The van der Waals surface area contributed by atoms with Crippen LogP contribution in [0.15, 0.2) is 20.9 Å². The van der Waals surface area contributed by atoms with Crippen molar-refractivity contribution in [1.82, 2.24) is 14.9 Å². The van der Waals surface area contributed by atoms with Crippen LogP contribution in [0.25, 0.3) is 10.4 Å². The van der Waals surface area contributed by atoms with Gasteiger partial charge in [-0.25, -0.2) is 9.59 Å². The molecule has 18 heteroatoms. The largest absolute Gasteiger partial charge is 0.477 e. The van der Waals surface area contributed by atoms with Crippen LogP contribution in [-0.4, -0.2) is 109 Å². The van der Waals surface area contributed by atoms with Crippen LogP contribution in [0, 0.1) is 6.92 Å². The van der Waals surface area contributed by atoms with Gasteiger partial charge in [-0.15, -0.1) is 0 Å². The summed E-state index contributed by atoms with van der Waals surface area (Å²) in [6.45, 7) is 1.02. The number of azide groups is 1. The SMILES string of the molecule is CC(=O)N[C@H]1[C@H]([C@@H](O)[C@H](O)CO)O[C@@](OC[C@H]2O[C@@H](n3cc(C)c(=O)[nH]c3=O)C[C@@H]2N=[N+]=[N-])(C(=O)O)C[C@@H]1O. The van der Waals surface area contributed by atoms with Crippen molar-refractivity contribution >= 4 is 11.9 Å². The number of H-pyrrole nitrogens is 1. The molecule has 3 heterocycles. The molecule has 2 fully saturated rings. The molecule has 1 aromatic rings. The predicted octanol–water partition coefficient (Wildman–Crippen LogP) is -3.02. The first-order chi connectivity index (χ1) is 18.3. The molecule has 216 valence electrons. The Balaban J connectivity index is 1.87. The Morgan fingerprint density at radius 2 is 2.10 bits per heavy atom. The van der Waals surface area contributed by atoms with Gasteiger partial charge in [-0.2, -0.15) is 0 Å². The topological polar surface area (TPSA) is 279 Å². The van der Waals surface area contributed by atoms with Gasteiger partial charge >= 0.3 is 11.7 Å². The van der Waals surface area contributed by atoms with Gasteiger partial charge in [0, 0.05) is 36.4 Å². The average molecular weight is 559 g/mol. The minimum Gasteiger partial charge on any atom is -0.477 e. The third kappa shape index (κ3) is 6.45. The molecule has 2 aliphatic heterocycles. The normalized spacial score (nSPS) is 32.2. The zero-order valence-corrected chi connectivity index (χ0v) is 20.9. The summed E-state index contributed by atoms with van der Waals surface area (Å²) in [4.78, 5) is 52.8. The number of carboxylic acids is 1. The molecule has 2 saturated heterocycles. The number of nitrogens with one attached hydrogen (secondary N) is 2. The van der Waals surface area contributed by atoms with Crippen molar-refractivity contribution in [3.05, 3.63) is 43.0 Å². The number of aliphatic hydroxyl groups is 4. The second kappa shape index (κ2) is 12.2. The Morgan fingerprint density at radius 3 is 2.69 bits per heavy atom. The number of carbonyl (C=O) groups excluding carboxylic acids is 1. The highest BCUT2D eigenvalue weighted by Crippen LogP contribution is 2.36. The van der Waals surface area contributed by atoms with Gasteiger partial charge in [0.15, 0.2) is 0 Å². The number of carbonyl (C=O) groups is 2. The summed E-state index contributed by atoms with van der Waals surface area (Å²) >= 11 is 0. The van der Waals surface area contributed by atoms with Crippen molar-refractivity contribution in [2.75, 3.05) is 13.2 Å². The zero-order chi connectivity index (χ0) is 29.1. The van der Waals surface area contributed by atoms with E-state index in [0.29, 0.717) is 0 Å². The summed E-state index contributed by atoms with van der Waals surface area (Å²) in [5.74, 6) is -5.03. The summed E-state index contributed by atoms with van der Waals surface area (Å²) in [6, 6.07) is -2.34. The third-order valence-electron chi connectivity index (χ3n) is 6.53. The lowest BCUT2D eigenvalue weighted by Crippen LogP contribution is -2.68. The second-order valence-electron chi connectivity index (χ2n) is 9.31. The molecule has 3 rings (SSSR count). The van der Waals surface area contributed by atoms with Crippen LogP contribution in [0.3, 0.4) is 0 Å². The molecule has 0 spiro atoms. The van der Waals surface area contributed by atoms with Gasteiger partial charge in [-0.05, 0) is 12.5 Å². The number of rotatable bonds is 10. The van der Waals surface area contributed by atoms with Gasteiger partial charge in [0.1, 0.15) is 24.5 Å². The first-order valence-corrected chi connectivity index (χ1v) is 11.8. The first kappa shape index (κ1) is 30.2. The number of nitrogens with zero attached hydrogens (tertiary/aromatic N) is 4. The molecule has 0 unspecified atom stereocenters. The summed E-state index contributed by atoms with van der Waals surface area (Å²) in [7, 11) is 0. The summed E-state index contributed by atoms with van der Waals surface area (Å²) in [6.07, 6.45) is -8.86. The van der Waals surface area contributed by atoms with E-state index in [1.54, 1.807) is 0 Å². The van der Waals surface area contributed by atoms with E-state index in [4.69, 9.17) is 19.7 Å². The van der Waals surface area contributed by atoms with E-state index in [2.05, 4.69) is 20.3 Å². The van der Waals surface area contributed by atoms with Crippen molar-refractivity contribution in [2.24, 2.45) is 5.11 Å². The maximum absolute atomic E-state index is 12.3. The van der Waals surface area contributed by atoms with Gasteiger partial charge in [0.25, 0.3) is 11.3 Å². The maximum atomic E-state index is 12.3. The van der Waals surface area contributed by atoms with Crippen LogP contribution < -0.4 is 16.6 Å². The minimum atomic E-state index is -2.64. The molecule has 0 aromatic carbocycles. The number of aromatic amines is 1. The average Bonchev–Trinajstić information content (AvgIpc) is 3.27. The standard InChI is InChI=1S/C21H30N6O12/c1-8-5-27(20(36)24-18(8)33)14-3-10(25-26-22)13(38-14)7-37-21(19(34)35)4-11(30)15(23-9(2)29)17(39-21)16(32)12(31)6-28/h5,10-17,28,30-32H,3-4,6-7H2,1-2H3,(H,23,29)(H,34,35)(H,24,33,36)/t10-,11-,12+,13+,14+,15+,16-,17+,21+/m0/s1. The van der Waals surface area contributed by atoms with Crippen molar-refractivity contribution in [1.29, 1.82) is 0 Å². The summed E-state index contributed by atoms with van der Waals surface area (Å²) < 4.78 is 18.0. The Bertz CT molecular complexity index is 1230. The van der Waals surface area contributed by atoms with Crippen molar-refractivity contribution < 1.29 is 49.3 Å². The number of aliphatic carboxylic acids is 1.